The number of fused-ring (bicyclic) bond motifs is 1. The van der Waals surface area contributed by atoms with Crippen LogP contribution in [0, 0.1) is 0 Å². The maximum Gasteiger partial charge on any atom is 0.315 e. The van der Waals surface area contributed by atoms with E-state index in [0.717, 1.165) is 23.7 Å². The van der Waals surface area contributed by atoms with E-state index in [1.165, 1.54) is 11.1 Å². The Bertz CT molecular complexity index is 643. The molecule has 6 heteroatoms. The average Bonchev–Trinajstić information content (AvgIpc) is 3.11. The molecule has 0 radical (unpaired) electrons. The van der Waals surface area contributed by atoms with Crippen molar-refractivity contribution >= 4 is 22.5 Å². The Balaban J connectivity index is 1.47. The number of nitrogens with one attached hydrogen (secondary N) is 2. The van der Waals surface area contributed by atoms with Gasteiger partial charge < -0.3 is 15.5 Å². The first-order valence-electron chi connectivity index (χ1n) is 7.34. The molecule has 22 heavy (non-hydrogen) atoms. The van der Waals surface area contributed by atoms with E-state index in [4.69, 9.17) is 0 Å². The van der Waals surface area contributed by atoms with Crippen LogP contribution in [0.2, 0.25) is 0 Å². The average molecular weight is 316 g/mol. The number of anilines is 1. The van der Waals surface area contributed by atoms with Gasteiger partial charge in [-0.15, -0.1) is 11.3 Å². The lowest BCUT2D eigenvalue weighted by atomic mass is 10.1. The quantitative estimate of drug-likeness (QED) is 0.909. The number of amides is 2. The zero-order valence-electron chi connectivity index (χ0n) is 12.8. The van der Waals surface area contributed by atoms with Gasteiger partial charge in [0.25, 0.3) is 0 Å². The minimum Gasteiger partial charge on any atom is -0.354 e. The number of benzene rings is 1. The highest BCUT2D eigenvalue weighted by Crippen LogP contribution is 2.21. The van der Waals surface area contributed by atoms with Crippen LogP contribution in [0.25, 0.3) is 0 Å². The standard InChI is InChI=1S/C16H20N4OS/c1-20(2)16-19-14(10-22-16)9-17-15(21)18-13-7-11-5-3-4-6-12(11)8-13/h3-6,10,13H,7-9H2,1-2H3,(H2,17,18,21). The number of rotatable bonds is 4. The number of carbonyl (C=O) groups excluding carboxylic acids is 1. The summed E-state index contributed by atoms with van der Waals surface area (Å²) >= 11 is 1.58. The molecule has 2 amide bonds. The van der Waals surface area contributed by atoms with E-state index in [9.17, 15) is 4.79 Å². The third kappa shape index (κ3) is 3.39. The van der Waals surface area contributed by atoms with Gasteiger partial charge in [0.1, 0.15) is 0 Å². The Hall–Kier alpha value is -2.08. The molecule has 0 spiro atoms. The molecular weight excluding hydrogens is 296 g/mol. The molecule has 0 unspecified atom stereocenters. The van der Waals surface area contributed by atoms with Gasteiger partial charge in [-0.1, -0.05) is 24.3 Å². The Kier molecular flexibility index (Phi) is 4.29. The molecule has 1 aliphatic rings. The van der Waals surface area contributed by atoms with Crippen LogP contribution in [0.4, 0.5) is 9.93 Å². The van der Waals surface area contributed by atoms with E-state index >= 15 is 0 Å². The highest BCUT2D eigenvalue weighted by atomic mass is 32.1. The molecule has 0 aliphatic heterocycles. The molecule has 0 saturated carbocycles. The van der Waals surface area contributed by atoms with E-state index in [0.29, 0.717) is 6.54 Å². The lowest BCUT2D eigenvalue weighted by molar-refractivity contribution is 0.237. The van der Waals surface area contributed by atoms with Gasteiger partial charge in [0.2, 0.25) is 0 Å². The Morgan fingerprint density at radius 2 is 2.00 bits per heavy atom. The molecule has 2 aromatic rings. The van der Waals surface area contributed by atoms with E-state index in [1.54, 1.807) is 11.3 Å². The fourth-order valence-corrected chi connectivity index (χ4v) is 3.41. The highest BCUT2D eigenvalue weighted by molar-refractivity contribution is 7.13. The predicted molar refractivity (Wildman–Crippen MR) is 89.5 cm³/mol. The van der Waals surface area contributed by atoms with Crippen molar-refractivity contribution in [1.29, 1.82) is 0 Å². The third-order valence-electron chi connectivity index (χ3n) is 3.74. The zero-order chi connectivity index (χ0) is 15.5. The van der Waals surface area contributed by atoms with Crippen LogP contribution in [-0.2, 0) is 19.4 Å². The second-order valence-corrected chi connectivity index (χ2v) is 6.55. The summed E-state index contributed by atoms with van der Waals surface area (Å²) in [7, 11) is 3.92. The summed E-state index contributed by atoms with van der Waals surface area (Å²) in [5.41, 5.74) is 3.56. The summed E-state index contributed by atoms with van der Waals surface area (Å²) in [6, 6.07) is 8.42. The minimum absolute atomic E-state index is 0.128. The highest BCUT2D eigenvalue weighted by Gasteiger charge is 2.22. The van der Waals surface area contributed by atoms with Gasteiger partial charge in [-0.2, -0.15) is 0 Å². The van der Waals surface area contributed by atoms with Gasteiger partial charge in [0.05, 0.1) is 12.2 Å². The van der Waals surface area contributed by atoms with Crippen LogP contribution in [-0.4, -0.2) is 31.2 Å². The molecular formula is C16H20N4OS. The summed E-state index contributed by atoms with van der Waals surface area (Å²) < 4.78 is 0. The largest absolute Gasteiger partial charge is 0.354 e. The molecule has 0 fully saturated rings. The van der Waals surface area contributed by atoms with Crippen molar-refractivity contribution in [3.63, 3.8) is 0 Å². The second kappa shape index (κ2) is 6.36. The van der Waals surface area contributed by atoms with Crippen LogP contribution in [0.5, 0.6) is 0 Å². The SMILES string of the molecule is CN(C)c1nc(CNC(=O)NC2Cc3ccccc3C2)cs1. The molecule has 5 nitrogen and oxygen atoms in total. The lowest BCUT2D eigenvalue weighted by Gasteiger charge is -2.12. The number of urea groups is 1. The maximum atomic E-state index is 12.0. The van der Waals surface area contributed by atoms with Crippen molar-refractivity contribution in [3.8, 4) is 0 Å². The Labute approximate surface area is 134 Å². The monoisotopic (exact) mass is 316 g/mol. The van der Waals surface area contributed by atoms with Gasteiger partial charge in [0.15, 0.2) is 5.13 Å². The molecule has 0 atom stereocenters. The van der Waals surface area contributed by atoms with E-state index in [-0.39, 0.29) is 12.1 Å². The number of thiazole rings is 1. The predicted octanol–water partition coefficient (Wildman–Crippen LogP) is 2.18. The molecule has 3 rings (SSSR count). The first kappa shape index (κ1) is 14.8. The summed E-state index contributed by atoms with van der Waals surface area (Å²) in [6.45, 7) is 0.454. The molecule has 1 aromatic carbocycles. The van der Waals surface area contributed by atoms with Crippen molar-refractivity contribution in [3.05, 3.63) is 46.5 Å². The van der Waals surface area contributed by atoms with E-state index < -0.39 is 0 Å². The lowest BCUT2D eigenvalue weighted by Crippen LogP contribution is -2.42. The van der Waals surface area contributed by atoms with Crippen molar-refractivity contribution in [2.75, 3.05) is 19.0 Å². The van der Waals surface area contributed by atoms with Crippen molar-refractivity contribution in [2.45, 2.75) is 25.4 Å². The summed E-state index contributed by atoms with van der Waals surface area (Å²) in [6.07, 6.45) is 1.82. The van der Waals surface area contributed by atoms with Crippen LogP contribution in [0.1, 0.15) is 16.8 Å². The number of hydrogen-bond donors (Lipinski definition) is 2. The number of carbonyl (C=O) groups is 1. The summed E-state index contributed by atoms with van der Waals surface area (Å²) in [5.74, 6) is 0. The normalized spacial score (nSPS) is 13.7. The number of nitrogens with zero attached hydrogens (tertiary/aromatic N) is 2. The Morgan fingerprint density at radius 1 is 1.32 bits per heavy atom. The fraction of sp³-hybridized carbons (Fsp3) is 0.375. The molecule has 1 heterocycles. The maximum absolute atomic E-state index is 12.0. The van der Waals surface area contributed by atoms with E-state index in [2.05, 4.69) is 27.8 Å². The molecule has 2 N–H and O–H groups in total. The molecule has 0 bridgehead atoms. The van der Waals surface area contributed by atoms with Crippen LogP contribution in [0.3, 0.4) is 0 Å². The van der Waals surface area contributed by atoms with Crippen LogP contribution >= 0.6 is 11.3 Å². The summed E-state index contributed by atoms with van der Waals surface area (Å²) in [5, 5.41) is 8.84. The smallest absolute Gasteiger partial charge is 0.315 e. The fourth-order valence-electron chi connectivity index (χ4n) is 2.65. The second-order valence-electron chi connectivity index (χ2n) is 5.72. The molecule has 116 valence electrons. The van der Waals surface area contributed by atoms with Crippen molar-refractivity contribution in [1.82, 2.24) is 15.6 Å². The Morgan fingerprint density at radius 3 is 2.59 bits per heavy atom. The van der Waals surface area contributed by atoms with Gasteiger partial charge in [-0.25, -0.2) is 9.78 Å². The number of aromatic nitrogens is 1. The minimum atomic E-state index is -0.128. The van der Waals surface area contributed by atoms with Gasteiger partial charge in [0, 0.05) is 25.5 Å². The first-order chi connectivity index (χ1) is 10.6. The first-order valence-corrected chi connectivity index (χ1v) is 8.22. The zero-order valence-corrected chi connectivity index (χ0v) is 13.6. The molecule has 1 aliphatic carbocycles. The molecule has 1 aromatic heterocycles. The van der Waals surface area contributed by atoms with Crippen molar-refractivity contribution in [2.24, 2.45) is 0 Å². The third-order valence-corrected chi connectivity index (χ3v) is 4.80. The van der Waals surface area contributed by atoms with Gasteiger partial charge in [-0.05, 0) is 24.0 Å². The van der Waals surface area contributed by atoms with Gasteiger partial charge >= 0.3 is 6.03 Å². The van der Waals surface area contributed by atoms with E-state index in [1.807, 2.05) is 36.5 Å². The van der Waals surface area contributed by atoms with Crippen molar-refractivity contribution < 1.29 is 4.79 Å². The van der Waals surface area contributed by atoms with Crippen LogP contribution < -0.4 is 15.5 Å². The number of hydrogen-bond acceptors (Lipinski definition) is 4. The van der Waals surface area contributed by atoms with Crippen LogP contribution in [0.15, 0.2) is 29.6 Å². The topological polar surface area (TPSA) is 57.3 Å². The van der Waals surface area contributed by atoms with Gasteiger partial charge in [-0.3, -0.25) is 0 Å². The summed E-state index contributed by atoms with van der Waals surface area (Å²) in [4.78, 5) is 18.4. The molecule has 0 saturated heterocycles.